The van der Waals surface area contributed by atoms with Gasteiger partial charge in [-0.2, -0.15) is 0 Å². The van der Waals surface area contributed by atoms with E-state index in [2.05, 4.69) is 65.9 Å². The lowest BCUT2D eigenvalue weighted by atomic mass is 10.0. The lowest BCUT2D eigenvalue weighted by molar-refractivity contribution is 0.999. The third kappa shape index (κ3) is 1.92. The molecule has 0 amide bonds. The van der Waals surface area contributed by atoms with E-state index in [1.165, 1.54) is 27.8 Å². The van der Waals surface area contributed by atoms with Crippen molar-refractivity contribution in [1.29, 1.82) is 0 Å². The van der Waals surface area contributed by atoms with Gasteiger partial charge in [0.15, 0.2) is 0 Å². The second-order valence-corrected chi connectivity index (χ2v) is 5.71. The van der Waals surface area contributed by atoms with Crippen LogP contribution in [0.3, 0.4) is 0 Å². The van der Waals surface area contributed by atoms with Crippen LogP contribution in [0.15, 0.2) is 61.3 Å². The number of aryl methyl sites for hydroxylation is 1. The Morgan fingerprint density at radius 3 is 2.91 bits per heavy atom. The number of fused-ring (bicyclic) bond motifs is 2. The van der Waals surface area contributed by atoms with Gasteiger partial charge in [0, 0.05) is 35.1 Å². The molecule has 1 aliphatic rings. The first-order valence-electron chi connectivity index (χ1n) is 7.70. The zero-order valence-electron chi connectivity index (χ0n) is 12.7. The Balaban J connectivity index is 1.79. The predicted octanol–water partition coefficient (Wildman–Crippen LogP) is 4.79. The molecule has 0 unspecified atom stereocenters. The number of pyridine rings is 1. The van der Waals surface area contributed by atoms with Crippen LogP contribution in [-0.4, -0.2) is 4.98 Å². The van der Waals surface area contributed by atoms with E-state index in [1.807, 2.05) is 12.3 Å². The maximum atomic E-state index is 4.39. The highest BCUT2D eigenvalue weighted by Gasteiger charge is 2.25. The van der Waals surface area contributed by atoms with E-state index < -0.39 is 0 Å². The minimum Gasteiger partial charge on any atom is -0.337 e. The number of rotatable bonds is 2. The molecule has 0 saturated heterocycles. The van der Waals surface area contributed by atoms with Crippen molar-refractivity contribution in [2.24, 2.45) is 0 Å². The van der Waals surface area contributed by atoms with Gasteiger partial charge in [-0.15, -0.1) is 0 Å². The van der Waals surface area contributed by atoms with Crippen LogP contribution in [-0.2, 0) is 13.0 Å². The Morgan fingerprint density at radius 2 is 2.05 bits per heavy atom. The van der Waals surface area contributed by atoms with Gasteiger partial charge in [0.2, 0.25) is 0 Å². The molecule has 0 spiro atoms. The van der Waals surface area contributed by atoms with E-state index in [0.717, 1.165) is 24.2 Å². The van der Waals surface area contributed by atoms with Gasteiger partial charge in [-0.25, -0.2) is 0 Å². The Hall–Kier alpha value is -2.61. The molecule has 1 aliphatic heterocycles. The van der Waals surface area contributed by atoms with Crippen LogP contribution in [0.4, 0.5) is 5.69 Å². The predicted molar refractivity (Wildman–Crippen MR) is 92.8 cm³/mol. The molecule has 2 nitrogen and oxygen atoms in total. The number of aromatic nitrogens is 1. The molecule has 0 saturated carbocycles. The Bertz CT molecular complexity index is 880. The molecular formula is C20H18N2. The molecule has 0 atom stereocenters. The van der Waals surface area contributed by atoms with Crippen LogP contribution >= 0.6 is 0 Å². The van der Waals surface area contributed by atoms with Crippen molar-refractivity contribution < 1.29 is 0 Å². The van der Waals surface area contributed by atoms with Crippen molar-refractivity contribution in [2.45, 2.75) is 19.9 Å². The summed E-state index contributed by atoms with van der Waals surface area (Å²) in [7, 11) is 0. The molecule has 1 aromatic heterocycles. The summed E-state index contributed by atoms with van der Waals surface area (Å²) >= 11 is 0. The highest BCUT2D eigenvalue weighted by atomic mass is 15.2. The number of anilines is 1. The summed E-state index contributed by atoms with van der Waals surface area (Å²) in [6.45, 7) is 7.44. The molecule has 22 heavy (non-hydrogen) atoms. The molecule has 0 fully saturated rings. The molecule has 2 heterocycles. The summed E-state index contributed by atoms with van der Waals surface area (Å²) < 4.78 is 0. The summed E-state index contributed by atoms with van der Waals surface area (Å²) in [4.78, 5) is 6.70. The average molecular weight is 286 g/mol. The Labute approximate surface area is 130 Å². The topological polar surface area (TPSA) is 16.1 Å². The van der Waals surface area contributed by atoms with Gasteiger partial charge < -0.3 is 4.90 Å². The zero-order valence-corrected chi connectivity index (χ0v) is 12.7. The van der Waals surface area contributed by atoms with Crippen LogP contribution in [0.5, 0.6) is 0 Å². The molecule has 0 aliphatic carbocycles. The summed E-state index contributed by atoms with van der Waals surface area (Å²) in [5.74, 6) is 0. The van der Waals surface area contributed by atoms with Crippen molar-refractivity contribution in [2.75, 3.05) is 4.90 Å². The van der Waals surface area contributed by atoms with Crippen molar-refractivity contribution in [3.63, 3.8) is 0 Å². The molecule has 108 valence electrons. The summed E-state index contributed by atoms with van der Waals surface area (Å²) in [6.07, 6.45) is 2.89. The van der Waals surface area contributed by atoms with Crippen LogP contribution < -0.4 is 4.90 Å². The van der Waals surface area contributed by atoms with E-state index in [0.29, 0.717) is 0 Å². The molecule has 2 aromatic carbocycles. The number of benzene rings is 2. The van der Waals surface area contributed by atoms with Crippen LogP contribution in [0.25, 0.3) is 16.6 Å². The van der Waals surface area contributed by atoms with E-state index in [4.69, 9.17) is 0 Å². The van der Waals surface area contributed by atoms with Gasteiger partial charge in [-0.3, -0.25) is 4.98 Å². The number of hydrogen-bond donors (Lipinski definition) is 0. The number of nitrogens with zero attached hydrogens (tertiary/aromatic N) is 2. The van der Waals surface area contributed by atoms with Crippen LogP contribution in [0.2, 0.25) is 0 Å². The van der Waals surface area contributed by atoms with E-state index in [9.17, 15) is 0 Å². The quantitative estimate of drug-likeness (QED) is 0.673. The fourth-order valence-electron chi connectivity index (χ4n) is 3.30. The summed E-state index contributed by atoms with van der Waals surface area (Å²) in [6, 6.07) is 17.0. The highest BCUT2D eigenvalue weighted by molar-refractivity contribution is 5.89. The first-order chi connectivity index (χ1) is 10.8. The van der Waals surface area contributed by atoms with Gasteiger partial charge in [0.1, 0.15) is 0 Å². The molecule has 0 radical (unpaired) electrons. The Kier molecular flexibility index (Phi) is 2.97. The van der Waals surface area contributed by atoms with Gasteiger partial charge >= 0.3 is 0 Å². The molecular weight excluding hydrogens is 268 g/mol. The molecule has 4 rings (SSSR count). The summed E-state index contributed by atoms with van der Waals surface area (Å²) in [5, 5.41) is 1.17. The lowest BCUT2D eigenvalue weighted by Crippen LogP contribution is -2.13. The van der Waals surface area contributed by atoms with E-state index in [1.54, 1.807) is 0 Å². The van der Waals surface area contributed by atoms with Crippen molar-refractivity contribution in [1.82, 2.24) is 4.98 Å². The van der Waals surface area contributed by atoms with Crippen LogP contribution in [0.1, 0.15) is 23.6 Å². The van der Waals surface area contributed by atoms with Crippen molar-refractivity contribution in [3.05, 3.63) is 78.0 Å². The second-order valence-electron chi connectivity index (χ2n) is 5.71. The van der Waals surface area contributed by atoms with Gasteiger partial charge in [0.05, 0.1) is 5.52 Å². The first kappa shape index (κ1) is 13.1. The largest absolute Gasteiger partial charge is 0.337 e. The summed E-state index contributed by atoms with van der Waals surface area (Å²) in [5.41, 5.74) is 7.43. The van der Waals surface area contributed by atoms with E-state index >= 15 is 0 Å². The molecule has 2 heteroatoms. The van der Waals surface area contributed by atoms with Crippen LogP contribution in [0, 0.1) is 0 Å². The minimum atomic E-state index is 0.907. The average Bonchev–Trinajstić information content (AvgIpc) is 2.91. The Morgan fingerprint density at radius 1 is 1.14 bits per heavy atom. The second kappa shape index (κ2) is 4.99. The van der Waals surface area contributed by atoms with Gasteiger partial charge in [-0.1, -0.05) is 37.8 Å². The maximum Gasteiger partial charge on any atom is 0.0703 e. The highest BCUT2D eigenvalue weighted by Crippen LogP contribution is 2.38. The molecule has 0 N–H and O–H groups in total. The zero-order chi connectivity index (χ0) is 15.1. The fourth-order valence-corrected chi connectivity index (χ4v) is 3.30. The third-order valence-corrected chi connectivity index (χ3v) is 4.51. The standard InChI is InChI=1S/C20H18N2/c1-3-15-6-4-8-18-14(2)22(13-19(15)18)17-9-10-20-16(12-17)7-5-11-21-20/h4-12H,2-3,13H2,1H3. The fraction of sp³-hybridized carbons (Fsp3) is 0.150. The minimum absolute atomic E-state index is 0.907. The van der Waals surface area contributed by atoms with Gasteiger partial charge in [0.25, 0.3) is 0 Å². The lowest BCUT2D eigenvalue weighted by Gasteiger charge is -2.20. The third-order valence-electron chi connectivity index (χ3n) is 4.51. The van der Waals surface area contributed by atoms with E-state index in [-0.39, 0.29) is 0 Å². The van der Waals surface area contributed by atoms with Crippen molar-refractivity contribution in [3.8, 4) is 0 Å². The number of hydrogen-bond acceptors (Lipinski definition) is 2. The normalized spacial score (nSPS) is 13.7. The SMILES string of the molecule is C=C1c2cccc(CC)c2CN1c1ccc2ncccc2c1. The van der Waals surface area contributed by atoms with Crippen molar-refractivity contribution >= 4 is 22.3 Å². The smallest absolute Gasteiger partial charge is 0.0703 e. The molecule has 3 aromatic rings. The first-order valence-corrected chi connectivity index (χ1v) is 7.70. The monoisotopic (exact) mass is 286 g/mol. The molecule has 0 bridgehead atoms. The maximum absolute atomic E-state index is 4.39. The van der Waals surface area contributed by atoms with Gasteiger partial charge in [-0.05, 0) is 41.8 Å².